The highest BCUT2D eigenvalue weighted by atomic mass is 32.1. The molecule has 1 amide bonds. The minimum atomic E-state index is -4.64. The number of carbonyl (C=O) groups excluding carboxylic acids is 3. The molecule has 4 heterocycles. The van der Waals surface area contributed by atoms with Crippen LogP contribution in [0.4, 0.5) is 31.5 Å². The Bertz CT molecular complexity index is 2360. The van der Waals surface area contributed by atoms with Crippen molar-refractivity contribution in [3.8, 4) is 11.5 Å². The molecule has 5 rings (SSSR count). The third-order valence-corrected chi connectivity index (χ3v) is 12.1. The first-order valence-corrected chi connectivity index (χ1v) is 23.9. The fourth-order valence-electron chi connectivity index (χ4n) is 6.05. The summed E-state index contributed by atoms with van der Waals surface area (Å²) in [7, 11) is -8.44. The van der Waals surface area contributed by atoms with Gasteiger partial charge < -0.3 is 49.5 Å². The van der Waals surface area contributed by atoms with Gasteiger partial charge >= 0.3 is 25.9 Å². The molecule has 1 aliphatic heterocycles. The second kappa shape index (κ2) is 23.8. The van der Waals surface area contributed by atoms with E-state index in [4.69, 9.17) is 44.6 Å². The number of phosphoric acid groups is 1. The third kappa shape index (κ3) is 16.6. The van der Waals surface area contributed by atoms with Gasteiger partial charge in [0.1, 0.15) is 23.6 Å². The number of nitrogens with one attached hydrogen (secondary N) is 2. The molecule has 20 nitrogen and oxygen atoms in total. The van der Waals surface area contributed by atoms with Crippen LogP contribution in [0.15, 0.2) is 28.7 Å². The maximum Gasteiger partial charge on any atom is 0.466 e. The zero-order valence-electron chi connectivity index (χ0n) is 36.3. The number of anilines is 1. The number of nitrogens with two attached hydrogens (primary N) is 2. The molecule has 66 heavy (non-hydrogen) atoms. The second-order valence-electron chi connectivity index (χ2n) is 14.8. The summed E-state index contributed by atoms with van der Waals surface area (Å²) in [6.45, 7) is 10.6. The minimum Gasteiger partial charge on any atom is -0.465 e. The van der Waals surface area contributed by atoms with E-state index in [9.17, 15) is 45.3 Å². The summed E-state index contributed by atoms with van der Waals surface area (Å²) in [4.78, 5) is 64.9. The summed E-state index contributed by atoms with van der Waals surface area (Å²) in [6, 6.07) is 1.49. The average Bonchev–Trinajstić information content (AvgIpc) is 3.95. The van der Waals surface area contributed by atoms with Crippen LogP contribution in [0.1, 0.15) is 70.1 Å². The molecule has 0 aliphatic carbocycles. The van der Waals surface area contributed by atoms with Crippen LogP contribution in [0, 0.1) is 23.4 Å². The lowest BCUT2D eigenvalue weighted by atomic mass is 10.0. The number of fused-ring (bicyclic) bond motifs is 1. The van der Waals surface area contributed by atoms with Crippen LogP contribution in [0.3, 0.4) is 0 Å². The van der Waals surface area contributed by atoms with E-state index in [0.717, 1.165) is 15.9 Å². The lowest BCUT2D eigenvalue weighted by molar-refractivity contribution is -0.148. The number of nitrogens with zero attached hydrogens (tertiary/aromatic N) is 5. The Labute approximate surface area is 378 Å². The van der Waals surface area contributed by atoms with E-state index in [1.54, 1.807) is 19.9 Å². The normalized spacial score (nSPS) is 14.3. The van der Waals surface area contributed by atoms with E-state index >= 15 is 0 Å². The highest BCUT2D eigenvalue weighted by Gasteiger charge is 2.40. The van der Waals surface area contributed by atoms with Gasteiger partial charge in [-0.2, -0.15) is 13.2 Å². The lowest BCUT2D eigenvalue weighted by Gasteiger charge is -2.29. The van der Waals surface area contributed by atoms with Crippen LogP contribution in [0.2, 0.25) is 0 Å². The number of aromatic nitrogens is 4. The molecule has 0 saturated heterocycles. The molecule has 0 saturated carbocycles. The molecule has 9 N–H and O–H groups in total. The Kier molecular flexibility index (Phi) is 20.1. The first-order chi connectivity index (χ1) is 30.6. The van der Waals surface area contributed by atoms with Crippen molar-refractivity contribution in [1.82, 2.24) is 34.8 Å². The van der Waals surface area contributed by atoms with Crippen molar-refractivity contribution in [2.45, 2.75) is 98.2 Å². The Balaban J connectivity index is 0.000000321. The number of carbonyl (C=O) groups is 3. The number of furan rings is 1. The smallest absolute Gasteiger partial charge is 0.465 e. The van der Waals surface area contributed by atoms with Crippen LogP contribution in [0.25, 0.3) is 11.5 Å². The SMILES string of the molecule is CCOC(=O)[C@H](C)NP(=O)(N[C@@H](C)C(=O)OCC)c1ccc(-c2nc(N)sc2CC(C)C)o1.N[C@@H](CC(=O)N1CCn2c(nnc2C(F)(F)F)C1)Cc1cc(F)c(F)cc1F.O=P(O)(O)O. The summed E-state index contributed by atoms with van der Waals surface area (Å²) in [5.41, 5.74) is 12.2. The Morgan fingerprint density at radius 1 is 0.909 bits per heavy atom. The molecule has 29 heteroatoms. The fraction of sp³-hybridized carbons (Fsp3) is 0.514. The van der Waals surface area contributed by atoms with Gasteiger partial charge in [-0.05, 0) is 70.2 Å². The van der Waals surface area contributed by atoms with Crippen molar-refractivity contribution in [2.75, 3.05) is 25.5 Å². The predicted molar refractivity (Wildman–Crippen MR) is 226 cm³/mol. The Hall–Kier alpha value is -4.72. The number of halogens is 6. The van der Waals surface area contributed by atoms with Gasteiger partial charge in [0.25, 0.3) is 7.44 Å². The number of nitrogen functional groups attached to an aromatic ring is 1. The van der Waals surface area contributed by atoms with Crippen molar-refractivity contribution in [3.05, 3.63) is 63.8 Å². The molecule has 0 fully saturated rings. The van der Waals surface area contributed by atoms with E-state index in [2.05, 4.69) is 39.2 Å². The number of thiazole rings is 1. The zero-order chi connectivity index (χ0) is 49.9. The summed E-state index contributed by atoms with van der Waals surface area (Å²) in [6.07, 6.45) is -4.35. The van der Waals surface area contributed by atoms with Gasteiger partial charge in [0.2, 0.25) is 11.7 Å². The number of ether oxygens (including phenoxy) is 2. The highest BCUT2D eigenvalue weighted by Crippen LogP contribution is 2.40. The number of esters is 2. The van der Waals surface area contributed by atoms with Gasteiger partial charge in [0.05, 0.1) is 19.8 Å². The Morgan fingerprint density at radius 2 is 1.47 bits per heavy atom. The van der Waals surface area contributed by atoms with Crippen molar-refractivity contribution in [2.24, 2.45) is 11.7 Å². The number of hydrogen-bond acceptors (Lipinski definition) is 14. The fourth-order valence-corrected chi connectivity index (χ4v) is 9.25. The standard InChI is InChI=1S/C21H33N4O6PS.C16H15F6N5O.H3O4P/c1-7-29-19(26)13(5)24-32(28,25-14(6)20(27)30-8-2)17-10-9-15(31-17)18-16(11-12(3)4)33-21(22)23-18;17-10-6-12(19)11(18)4-8(10)3-9(23)5-14(28)26-1-2-27-13(7-26)24-25-15(27)16(20,21)22;1-5(2,3)4/h9-10,12-14H,7-8,11H2,1-6H3,(H2,22,23)(H2,24,25,28);4,6,9H,1-3,5,7,23H2;(H3,1,2,3,4)/t13-,14-;9-;/m01./s1. The minimum absolute atomic E-state index is 0.000783. The lowest BCUT2D eigenvalue weighted by Crippen LogP contribution is -2.44. The van der Waals surface area contributed by atoms with Gasteiger partial charge in [0, 0.05) is 36.5 Å². The molecular weight excluding hydrogens is 954 g/mol. The van der Waals surface area contributed by atoms with Crippen LogP contribution < -0.4 is 27.1 Å². The van der Waals surface area contributed by atoms with Crippen LogP contribution in [-0.4, -0.2) is 95.1 Å². The number of alkyl halides is 3. The maximum absolute atomic E-state index is 14.0. The van der Waals surface area contributed by atoms with Gasteiger partial charge in [0.15, 0.2) is 33.9 Å². The molecule has 3 atom stereocenters. The second-order valence-corrected chi connectivity index (χ2v) is 19.1. The van der Waals surface area contributed by atoms with Gasteiger partial charge in [-0.15, -0.1) is 21.5 Å². The van der Waals surface area contributed by atoms with Crippen LogP contribution in [0.5, 0.6) is 0 Å². The van der Waals surface area contributed by atoms with Gasteiger partial charge in [-0.3, -0.25) is 18.9 Å². The highest BCUT2D eigenvalue weighted by molar-refractivity contribution is 7.67. The van der Waals surface area contributed by atoms with Crippen molar-refractivity contribution < 1.29 is 78.4 Å². The summed E-state index contributed by atoms with van der Waals surface area (Å²) >= 11 is 1.38. The number of hydrogen-bond donors (Lipinski definition) is 7. The number of amides is 1. The third-order valence-electron chi connectivity index (χ3n) is 8.84. The molecular formula is C37H51F6N9O11P2S. The Morgan fingerprint density at radius 3 is 2.00 bits per heavy atom. The van der Waals surface area contributed by atoms with E-state index < -0.39 is 80.7 Å². The van der Waals surface area contributed by atoms with Crippen molar-refractivity contribution in [1.29, 1.82) is 0 Å². The van der Waals surface area contributed by atoms with Crippen LogP contribution in [-0.2, 0) is 65.1 Å². The topological polar surface area (TPSA) is 301 Å². The van der Waals surface area contributed by atoms with E-state index in [1.807, 2.05) is 0 Å². The van der Waals surface area contributed by atoms with Crippen molar-refractivity contribution >= 4 is 55.1 Å². The van der Waals surface area contributed by atoms with Crippen LogP contribution >= 0.6 is 26.6 Å². The molecule has 1 aromatic carbocycles. The largest absolute Gasteiger partial charge is 0.466 e. The number of benzene rings is 1. The quantitative estimate of drug-likeness (QED) is 0.0359. The zero-order valence-corrected chi connectivity index (χ0v) is 38.9. The molecule has 0 radical (unpaired) electrons. The van der Waals surface area contributed by atoms with E-state index in [-0.39, 0.29) is 62.6 Å². The molecule has 4 aromatic rings. The average molecular weight is 1010 g/mol. The molecule has 368 valence electrons. The van der Waals surface area contributed by atoms with Gasteiger partial charge in [-0.25, -0.2) is 32.9 Å². The molecule has 0 unspecified atom stereocenters. The number of rotatable bonds is 16. The molecule has 0 spiro atoms. The summed E-state index contributed by atoms with van der Waals surface area (Å²) in [5.74, 6) is -5.54. The van der Waals surface area contributed by atoms with E-state index in [1.165, 1.54) is 36.2 Å². The molecule has 0 bridgehead atoms. The first-order valence-electron chi connectivity index (χ1n) is 19.9. The monoisotopic (exact) mass is 1010 g/mol. The summed E-state index contributed by atoms with van der Waals surface area (Å²) in [5, 5.41) is 12.5. The van der Waals surface area contributed by atoms with Crippen molar-refractivity contribution in [3.63, 3.8) is 0 Å². The predicted octanol–water partition coefficient (Wildman–Crippen LogP) is 4.17. The molecule has 1 aliphatic rings. The first kappa shape index (κ1) is 55.6. The summed E-state index contributed by atoms with van der Waals surface area (Å²) < 4.78 is 118. The molecule has 3 aromatic heterocycles. The maximum atomic E-state index is 14.0. The van der Waals surface area contributed by atoms with E-state index in [0.29, 0.717) is 34.6 Å². The van der Waals surface area contributed by atoms with Gasteiger partial charge in [-0.1, -0.05) is 13.8 Å².